The number of allylic oxidation sites excluding steroid dienone is 1. The first-order valence-electron chi connectivity index (χ1n) is 7.14. The monoisotopic (exact) mass is 251 g/mol. The summed E-state index contributed by atoms with van der Waals surface area (Å²) < 4.78 is 5.48. The first kappa shape index (κ1) is 13.4. The van der Waals surface area contributed by atoms with Crippen molar-refractivity contribution in [1.29, 1.82) is 0 Å². The minimum absolute atomic E-state index is 0.160. The Morgan fingerprint density at radius 1 is 1.17 bits per heavy atom. The lowest BCUT2D eigenvalue weighted by molar-refractivity contribution is 0.0149. The van der Waals surface area contributed by atoms with Gasteiger partial charge in [-0.1, -0.05) is 12.2 Å². The summed E-state index contributed by atoms with van der Waals surface area (Å²) in [5.41, 5.74) is -0.403. The van der Waals surface area contributed by atoms with Crippen molar-refractivity contribution in [2.24, 2.45) is 5.92 Å². The second-order valence-electron chi connectivity index (χ2n) is 6.46. The van der Waals surface area contributed by atoms with Gasteiger partial charge in [-0.3, -0.25) is 0 Å². The Morgan fingerprint density at radius 2 is 1.89 bits per heavy atom. The zero-order valence-electron chi connectivity index (χ0n) is 11.8. The molecule has 0 spiro atoms. The third-order valence-corrected chi connectivity index (χ3v) is 3.40. The molecule has 2 aliphatic rings. The van der Waals surface area contributed by atoms with Crippen LogP contribution in [-0.2, 0) is 4.74 Å². The summed E-state index contributed by atoms with van der Waals surface area (Å²) in [5.74, 6) is 0.771. The summed E-state index contributed by atoms with van der Waals surface area (Å²) in [6.07, 6.45) is 10.3. The molecule has 2 fully saturated rings. The van der Waals surface area contributed by atoms with Crippen LogP contribution in [0.5, 0.6) is 0 Å². The maximum absolute atomic E-state index is 12.2. The van der Waals surface area contributed by atoms with Gasteiger partial charge in [-0.15, -0.1) is 0 Å². The highest BCUT2D eigenvalue weighted by atomic mass is 16.6. The Hall–Kier alpha value is -0.990. The molecular weight excluding hydrogens is 226 g/mol. The Balaban J connectivity index is 1.95. The number of rotatable bonds is 2. The van der Waals surface area contributed by atoms with Crippen molar-refractivity contribution in [2.75, 3.05) is 6.54 Å². The van der Waals surface area contributed by atoms with Crippen LogP contribution in [0.4, 0.5) is 4.79 Å². The van der Waals surface area contributed by atoms with Crippen LogP contribution in [0.2, 0.25) is 0 Å². The molecular formula is C15H25NO2. The molecule has 3 nitrogen and oxygen atoms in total. The highest BCUT2D eigenvalue weighted by Crippen LogP contribution is 2.31. The van der Waals surface area contributed by atoms with E-state index < -0.39 is 5.60 Å². The van der Waals surface area contributed by atoms with Crippen LogP contribution in [-0.4, -0.2) is 29.2 Å². The van der Waals surface area contributed by atoms with Gasteiger partial charge in [0, 0.05) is 6.54 Å². The van der Waals surface area contributed by atoms with Gasteiger partial charge in [0.1, 0.15) is 5.60 Å². The summed E-state index contributed by atoms with van der Waals surface area (Å²) >= 11 is 0. The van der Waals surface area contributed by atoms with E-state index in [1.54, 1.807) is 0 Å². The summed E-state index contributed by atoms with van der Waals surface area (Å²) in [6, 6.07) is 0.245. The van der Waals surface area contributed by atoms with Gasteiger partial charge in [-0.2, -0.15) is 0 Å². The second-order valence-corrected chi connectivity index (χ2v) is 6.46. The fourth-order valence-electron chi connectivity index (χ4n) is 2.28. The highest BCUT2D eigenvalue weighted by molar-refractivity contribution is 5.69. The third kappa shape index (κ3) is 4.04. The molecule has 1 heterocycles. The molecule has 1 atom stereocenters. The molecule has 1 amide bonds. The van der Waals surface area contributed by atoms with Crippen molar-refractivity contribution in [3.8, 4) is 0 Å². The van der Waals surface area contributed by atoms with Crippen LogP contribution in [0.15, 0.2) is 12.2 Å². The predicted molar refractivity (Wildman–Crippen MR) is 72.4 cm³/mol. The van der Waals surface area contributed by atoms with Gasteiger partial charge in [0.05, 0.1) is 6.04 Å². The molecule has 1 aliphatic heterocycles. The van der Waals surface area contributed by atoms with Gasteiger partial charge in [0.25, 0.3) is 0 Å². The van der Waals surface area contributed by atoms with Gasteiger partial charge < -0.3 is 9.64 Å². The highest BCUT2D eigenvalue weighted by Gasteiger charge is 2.29. The number of ether oxygens (including phenoxy) is 1. The number of amides is 1. The fraction of sp³-hybridized carbons (Fsp3) is 0.800. The van der Waals surface area contributed by atoms with Crippen molar-refractivity contribution >= 4 is 6.09 Å². The van der Waals surface area contributed by atoms with Crippen molar-refractivity contribution in [3.63, 3.8) is 0 Å². The van der Waals surface area contributed by atoms with Crippen LogP contribution in [0.3, 0.4) is 0 Å². The molecule has 1 saturated heterocycles. The van der Waals surface area contributed by atoms with E-state index in [2.05, 4.69) is 12.2 Å². The number of hydrogen-bond donors (Lipinski definition) is 0. The van der Waals surface area contributed by atoms with E-state index in [0.717, 1.165) is 25.3 Å². The van der Waals surface area contributed by atoms with Gasteiger partial charge in [-0.25, -0.2) is 4.79 Å². The molecule has 0 N–H and O–H groups in total. The first-order chi connectivity index (χ1) is 8.46. The largest absolute Gasteiger partial charge is 0.444 e. The molecule has 0 radical (unpaired) electrons. The Labute approximate surface area is 110 Å². The van der Waals surface area contributed by atoms with E-state index in [1.165, 1.54) is 19.3 Å². The lowest BCUT2D eigenvalue weighted by Gasteiger charge is -2.35. The van der Waals surface area contributed by atoms with Crippen LogP contribution < -0.4 is 0 Å². The van der Waals surface area contributed by atoms with E-state index in [0.29, 0.717) is 0 Å². The average molecular weight is 251 g/mol. The fourth-order valence-corrected chi connectivity index (χ4v) is 2.28. The number of piperidine rings is 1. The van der Waals surface area contributed by atoms with Crippen molar-refractivity contribution in [1.82, 2.24) is 4.90 Å². The number of likely N-dealkylation sites (tertiary alicyclic amines) is 1. The Kier molecular flexibility index (Phi) is 3.98. The molecule has 1 aliphatic carbocycles. The van der Waals surface area contributed by atoms with Crippen molar-refractivity contribution in [2.45, 2.75) is 64.5 Å². The van der Waals surface area contributed by atoms with E-state index in [9.17, 15) is 4.79 Å². The quantitative estimate of drug-likeness (QED) is 0.700. The third-order valence-electron chi connectivity index (χ3n) is 3.40. The minimum atomic E-state index is -0.403. The first-order valence-corrected chi connectivity index (χ1v) is 7.14. The maximum Gasteiger partial charge on any atom is 0.410 e. The normalized spacial score (nSPS) is 25.5. The number of carbonyl (C=O) groups is 1. The number of carbonyl (C=O) groups excluding carboxylic acids is 1. The lowest BCUT2D eigenvalue weighted by Crippen LogP contribution is -2.45. The Bertz CT molecular complexity index is 326. The van der Waals surface area contributed by atoms with E-state index in [4.69, 9.17) is 4.74 Å². The van der Waals surface area contributed by atoms with E-state index >= 15 is 0 Å². The van der Waals surface area contributed by atoms with Gasteiger partial charge in [0.15, 0.2) is 0 Å². The summed E-state index contributed by atoms with van der Waals surface area (Å²) in [6.45, 7) is 6.59. The standard InChI is InChI=1S/C15H25NO2/c1-15(2,3)18-14(17)16-11-5-4-6-13(16)10-9-12-7-8-12/h9-10,12-13H,4-8,11H2,1-3H3/b10-9+. The van der Waals surface area contributed by atoms with Crippen molar-refractivity contribution < 1.29 is 9.53 Å². The smallest absolute Gasteiger partial charge is 0.410 e. The van der Waals surface area contributed by atoms with Crippen LogP contribution in [0.1, 0.15) is 52.9 Å². The molecule has 0 bridgehead atoms. The zero-order chi connectivity index (χ0) is 13.2. The summed E-state index contributed by atoms with van der Waals surface area (Å²) in [7, 11) is 0. The molecule has 3 heteroatoms. The number of hydrogen-bond acceptors (Lipinski definition) is 2. The average Bonchev–Trinajstić information content (AvgIpc) is 3.08. The van der Waals surface area contributed by atoms with E-state index in [-0.39, 0.29) is 12.1 Å². The molecule has 1 unspecified atom stereocenters. The lowest BCUT2D eigenvalue weighted by atomic mass is 10.0. The molecule has 102 valence electrons. The SMILES string of the molecule is CC(C)(C)OC(=O)N1CCCCC1/C=C/C1CC1. The van der Waals surface area contributed by atoms with Crippen molar-refractivity contribution in [3.05, 3.63) is 12.2 Å². The van der Waals surface area contributed by atoms with Gasteiger partial charge in [0.2, 0.25) is 0 Å². The number of nitrogens with zero attached hydrogens (tertiary/aromatic N) is 1. The molecule has 2 rings (SSSR count). The molecule has 18 heavy (non-hydrogen) atoms. The van der Waals surface area contributed by atoms with E-state index in [1.807, 2.05) is 25.7 Å². The van der Waals surface area contributed by atoms with Crippen LogP contribution in [0.25, 0.3) is 0 Å². The zero-order valence-corrected chi connectivity index (χ0v) is 11.8. The molecule has 0 aromatic heterocycles. The molecule has 0 aromatic carbocycles. The van der Waals surface area contributed by atoms with Gasteiger partial charge >= 0.3 is 6.09 Å². The minimum Gasteiger partial charge on any atom is -0.444 e. The van der Waals surface area contributed by atoms with Gasteiger partial charge in [-0.05, 0) is 58.8 Å². The maximum atomic E-state index is 12.2. The van der Waals surface area contributed by atoms with Crippen LogP contribution in [0, 0.1) is 5.92 Å². The topological polar surface area (TPSA) is 29.5 Å². The molecule has 0 aromatic rings. The predicted octanol–water partition coefficient (Wildman–Crippen LogP) is 3.74. The summed E-state index contributed by atoms with van der Waals surface area (Å²) in [4.78, 5) is 14.1. The Morgan fingerprint density at radius 3 is 2.50 bits per heavy atom. The van der Waals surface area contributed by atoms with Crippen LogP contribution >= 0.6 is 0 Å². The molecule has 1 saturated carbocycles. The summed E-state index contributed by atoms with van der Waals surface area (Å²) in [5, 5.41) is 0. The second kappa shape index (κ2) is 5.33.